The molecule has 274 valence electrons. The quantitative estimate of drug-likeness (QED) is 0.119. The Hall–Kier alpha value is -6.02. The van der Waals surface area contributed by atoms with E-state index in [1.54, 1.807) is 42.5 Å². The van der Waals surface area contributed by atoms with E-state index in [1.807, 2.05) is 80.6 Å². The number of imide groups is 2. The zero-order valence-electron chi connectivity index (χ0n) is 31.5. The molecule has 1 atom stereocenters. The second kappa shape index (κ2) is 14.4. The molecule has 0 saturated heterocycles. The molecule has 0 bridgehead atoms. The molecule has 2 aliphatic rings. The summed E-state index contributed by atoms with van der Waals surface area (Å²) in [6, 6.07) is 33.2. The van der Waals surface area contributed by atoms with Crippen LogP contribution in [-0.2, 0) is 5.41 Å². The van der Waals surface area contributed by atoms with Gasteiger partial charge < -0.3 is 9.47 Å². The van der Waals surface area contributed by atoms with Crippen molar-refractivity contribution >= 4 is 29.3 Å². The van der Waals surface area contributed by atoms with Crippen LogP contribution in [0, 0.1) is 0 Å². The predicted molar refractivity (Wildman–Crippen MR) is 209 cm³/mol. The fraction of sp³-hybridized carbons (Fsp3) is 0.261. The van der Waals surface area contributed by atoms with Crippen molar-refractivity contribution in [3.63, 3.8) is 0 Å². The lowest BCUT2D eigenvalue weighted by atomic mass is 9.78. The van der Waals surface area contributed by atoms with Crippen LogP contribution in [0.5, 0.6) is 23.0 Å². The number of hydrogen-bond donors (Lipinski definition) is 0. The van der Waals surface area contributed by atoms with E-state index in [1.165, 1.54) is 9.80 Å². The number of hydrogen-bond acceptors (Lipinski definition) is 6. The number of rotatable bonds is 12. The highest BCUT2D eigenvalue weighted by Crippen LogP contribution is 2.37. The van der Waals surface area contributed by atoms with Crippen LogP contribution in [0.2, 0.25) is 0 Å². The smallest absolute Gasteiger partial charge is 0.266 e. The first-order valence-corrected chi connectivity index (χ1v) is 18.7. The summed E-state index contributed by atoms with van der Waals surface area (Å²) < 4.78 is 12.3. The fourth-order valence-electron chi connectivity index (χ4n) is 7.33. The Bertz CT molecular complexity index is 2270. The van der Waals surface area contributed by atoms with Crippen LogP contribution in [0.15, 0.2) is 109 Å². The number of carbonyl (C=O) groups excluding carboxylic acids is 4. The second-order valence-corrected chi connectivity index (χ2v) is 14.6. The molecule has 7 rings (SSSR count). The van der Waals surface area contributed by atoms with Gasteiger partial charge in [0.2, 0.25) is 0 Å². The van der Waals surface area contributed by atoms with Crippen molar-refractivity contribution in [3.05, 3.63) is 148 Å². The summed E-state index contributed by atoms with van der Waals surface area (Å²) in [4.78, 5) is 55.5. The molecular weight excluding hydrogens is 677 g/mol. The summed E-state index contributed by atoms with van der Waals surface area (Å²) in [6.45, 7) is 12.5. The highest BCUT2D eigenvalue weighted by atomic mass is 16.5. The summed E-state index contributed by atoms with van der Waals surface area (Å²) in [5.74, 6) is 1.28. The van der Waals surface area contributed by atoms with Gasteiger partial charge in [-0.15, -0.1) is 0 Å². The molecule has 0 aliphatic carbocycles. The molecule has 0 radical (unpaired) electrons. The first-order valence-electron chi connectivity index (χ1n) is 18.7. The second-order valence-electron chi connectivity index (χ2n) is 14.6. The standard InChI is InChI=1S/C46H44N2O6/c1-7-28(4)29-11-10-12-33(25-29)48-43(50)39-24-22-37(27-41(39)45(48)52)54-35-19-15-31(16-20-35)46(5,6)30-13-17-34(18-14-30)53-36-21-23-38-40(26-36)44(51)47(42(38)49)32(8-2)9-3/h10-28,32H,7-9H2,1-6H3. The predicted octanol–water partition coefficient (Wildman–Crippen LogP) is 10.7. The van der Waals surface area contributed by atoms with Gasteiger partial charge in [0.15, 0.2) is 0 Å². The van der Waals surface area contributed by atoms with Crippen molar-refractivity contribution in [3.8, 4) is 23.0 Å². The van der Waals surface area contributed by atoms with Gasteiger partial charge in [-0.3, -0.25) is 24.1 Å². The maximum Gasteiger partial charge on any atom is 0.266 e. The topological polar surface area (TPSA) is 93.2 Å². The summed E-state index contributed by atoms with van der Waals surface area (Å²) in [6.07, 6.45) is 2.38. The Morgan fingerprint density at radius 1 is 0.537 bits per heavy atom. The first kappa shape index (κ1) is 36.3. The normalized spacial score (nSPS) is 14.5. The molecule has 4 amide bonds. The maximum absolute atomic E-state index is 13.5. The van der Waals surface area contributed by atoms with Crippen LogP contribution in [0.1, 0.15) is 125 Å². The minimum Gasteiger partial charge on any atom is -0.457 e. The van der Waals surface area contributed by atoms with E-state index < -0.39 is 0 Å². The highest BCUT2D eigenvalue weighted by Gasteiger charge is 2.39. The number of amides is 4. The highest BCUT2D eigenvalue weighted by molar-refractivity contribution is 6.34. The van der Waals surface area contributed by atoms with E-state index in [-0.39, 0.29) is 35.1 Å². The van der Waals surface area contributed by atoms with Gasteiger partial charge in [-0.05, 0) is 115 Å². The molecule has 8 nitrogen and oxygen atoms in total. The van der Waals surface area contributed by atoms with Crippen molar-refractivity contribution in [2.45, 2.75) is 78.2 Å². The van der Waals surface area contributed by atoms with Crippen molar-refractivity contribution in [2.24, 2.45) is 0 Å². The fourth-order valence-corrected chi connectivity index (χ4v) is 7.33. The maximum atomic E-state index is 13.5. The monoisotopic (exact) mass is 720 g/mol. The van der Waals surface area contributed by atoms with Crippen molar-refractivity contribution in [1.82, 2.24) is 4.90 Å². The van der Waals surface area contributed by atoms with Crippen LogP contribution < -0.4 is 14.4 Å². The van der Waals surface area contributed by atoms with Crippen molar-refractivity contribution in [2.75, 3.05) is 4.90 Å². The molecule has 8 heteroatoms. The number of nitrogens with zero attached hydrogens (tertiary/aromatic N) is 2. The van der Waals surface area contributed by atoms with Gasteiger partial charge in [0.05, 0.1) is 27.9 Å². The molecule has 0 fully saturated rings. The van der Waals surface area contributed by atoms with Crippen LogP contribution in [0.3, 0.4) is 0 Å². The summed E-state index contributed by atoms with van der Waals surface area (Å²) in [5.41, 5.74) is 4.91. The molecule has 2 aliphatic heterocycles. The van der Waals surface area contributed by atoms with Gasteiger partial charge in [-0.2, -0.15) is 0 Å². The van der Waals surface area contributed by atoms with Gasteiger partial charge in [0.25, 0.3) is 23.6 Å². The Balaban J connectivity index is 1.02. The van der Waals surface area contributed by atoms with Crippen molar-refractivity contribution < 1.29 is 28.7 Å². The lowest BCUT2D eigenvalue weighted by Gasteiger charge is -2.26. The van der Waals surface area contributed by atoms with E-state index in [4.69, 9.17) is 9.47 Å². The third-order valence-corrected chi connectivity index (χ3v) is 11.0. The Kier molecular flexibility index (Phi) is 9.71. The van der Waals surface area contributed by atoms with Gasteiger partial charge >= 0.3 is 0 Å². The van der Waals surface area contributed by atoms with E-state index >= 15 is 0 Å². The van der Waals surface area contributed by atoms with E-state index in [0.29, 0.717) is 69.7 Å². The average Bonchev–Trinajstić information content (AvgIpc) is 3.58. The molecule has 0 spiro atoms. The zero-order valence-corrected chi connectivity index (χ0v) is 31.5. The van der Waals surface area contributed by atoms with E-state index in [2.05, 4.69) is 27.7 Å². The van der Waals surface area contributed by atoms with Gasteiger partial charge in [0, 0.05) is 11.5 Å². The number of anilines is 1. The first-order chi connectivity index (χ1) is 25.9. The number of fused-ring (bicyclic) bond motifs is 2. The largest absolute Gasteiger partial charge is 0.457 e. The van der Waals surface area contributed by atoms with Gasteiger partial charge in [0.1, 0.15) is 23.0 Å². The molecular formula is C46H44N2O6. The summed E-state index contributed by atoms with van der Waals surface area (Å²) in [5, 5.41) is 0. The van der Waals surface area contributed by atoms with Crippen molar-refractivity contribution in [1.29, 1.82) is 0 Å². The molecule has 5 aromatic carbocycles. The van der Waals surface area contributed by atoms with Gasteiger partial charge in [-0.1, -0.05) is 77.9 Å². The Labute approximate surface area is 316 Å². The lowest BCUT2D eigenvalue weighted by molar-refractivity contribution is 0.0575. The summed E-state index contributed by atoms with van der Waals surface area (Å²) in [7, 11) is 0. The van der Waals surface area contributed by atoms with E-state index in [9.17, 15) is 19.2 Å². The van der Waals surface area contributed by atoms with Gasteiger partial charge in [-0.25, -0.2) is 4.90 Å². The SMILES string of the molecule is CCC(C)c1cccc(N2C(=O)c3ccc(Oc4ccc(C(C)(C)c5ccc(Oc6ccc7c(c6)C(=O)N(C(CC)CC)C7=O)cc5)cc4)cc3C2=O)c1. The Morgan fingerprint density at radius 2 is 1.00 bits per heavy atom. The third kappa shape index (κ3) is 6.46. The minimum atomic E-state index is -0.363. The molecule has 1 unspecified atom stereocenters. The molecule has 0 N–H and O–H groups in total. The zero-order chi connectivity index (χ0) is 38.3. The lowest BCUT2D eigenvalue weighted by Crippen LogP contribution is -2.39. The average molecular weight is 721 g/mol. The molecule has 2 heterocycles. The molecule has 54 heavy (non-hydrogen) atoms. The van der Waals surface area contributed by atoms with Crippen LogP contribution in [0.25, 0.3) is 0 Å². The number of carbonyl (C=O) groups is 4. The van der Waals surface area contributed by atoms with Crippen LogP contribution in [0.4, 0.5) is 5.69 Å². The Morgan fingerprint density at radius 3 is 1.52 bits per heavy atom. The molecule has 0 saturated carbocycles. The number of benzene rings is 5. The minimum absolute atomic E-state index is 0.124. The summed E-state index contributed by atoms with van der Waals surface area (Å²) >= 11 is 0. The number of ether oxygens (including phenoxy) is 2. The van der Waals surface area contributed by atoms with E-state index in [0.717, 1.165) is 23.1 Å². The van der Waals surface area contributed by atoms with Crippen LogP contribution >= 0.6 is 0 Å². The van der Waals surface area contributed by atoms with Crippen LogP contribution in [-0.4, -0.2) is 34.6 Å². The third-order valence-electron chi connectivity index (χ3n) is 11.0. The molecule has 5 aromatic rings. The molecule has 0 aromatic heterocycles.